The standard InChI is InChI=1S/C13H17ClN2O3/c1-4-16(9(3)6-12(17)18)13(19)10-7-15-8(2)5-11(10)14/h5,7,9H,4,6H2,1-3H3,(H,17,18). The Morgan fingerprint density at radius 1 is 1.53 bits per heavy atom. The molecule has 1 heterocycles. The van der Waals surface area contributed by atoms with Crippen molar-refractivity contribution in [1.82, 2.24) is 9.88 Å². The number of carboxylic acids is 1. The number of hydrogen-bond acceptors (Lipinski definition) is 3. The average molecular weight is 285 g/mol. The minimum atomic E-state index is -0.938. The highest BCUT2D eigenvalue weighted by Crippen LogP contribution is 2.19. The van der Waals surface area contributed by atoms with E-state index in [2.05, 4.69) is 4.98 Å². The fourth-order valence-corrected chi connectivity index (χ4v) is 2.14. The van der Waals surface area contributed by atoms with Gasteiger partial charge in [-0.2, -0.15) is 0 Å². The molecular weight excluding hydrogens is 268 g/mol. The van der Waals surface area contributed by atoms with E-state index in [1.807, 2.05) is 0 Å². The van der Waals surface area contributed by atoms with Gasteiger partial charge in [0.05, 0.1) is 17.0 Å². The number of aromatic nitrogens is 1. The SMILES string of the molecule is CCN(C(=O)c1cnc(C)cc1Cl)C(C)CC(=O)O. The molecule has 6 heteroatoms. The number of pyridine rings is 1. The van der Waals surface area contributed by atoms with Crippen LogP contribution in [0, 0.1) is 6.92 Å². The van der Waals surface area contributed by atoms with Crippen LogP contribution >= 0.6 is 11.6 Å². The van der Waals surface area contributed by atoms with E-state index >= 15 is 0 Å². The van der Waals surface area contributed by atoms with Crippen LogP contribution in [-0.4, -0.2) is 39.5 Å². The molecule has 0 aliphatic rings. The number of aliphatic carboxylic acids is 1. The van der Waals surface area contributed by atoms with E-state index in [4.69, 9.17) is 16.7 Å². The molecule has 0 bridgehead atoms. The number of amides is 1. The van der Waals surface area contributed by atoms with Gasteiger partial charge < -0.3 is 10.0 Å². The van der Waals surface area contributed by atoms with Crippen LogP contribution in [0.4, 0.5) is 0 Å². The molecular formula is C13H17ClN2O3. The van der Waals surface area contributed by atoms with Crippen molar-refractivity contribution in [3.05, 3.63) is 28.5 Å². The van der Waals surface area contributed by atoms with Gasteiger partial charge >= 0.3 is 5.97 Å². The summed E-state index contributed by atoms with van der Waals surface area (Å²) in [7, 11) is 0. The summed E-state index contributed by atoms with van der Waals surface area (Å²) >= 11 is 6.03. The molecule has 1 atom stereocenters. The summed E-state index contributed by atoms with van der Waals surface area (Å²) in [6.45, 7) is 5.69. The molecule has 0 aliphatic heterocycles. The zero-order valence-corrected chi connectivity index (χ0v) is 11.9. The molecule has 0 radical (unpaired) electrons. The highest BCUT2D eigenvalue weighted by Gasteiger charge is 2.23. The van der Waals surface area contributed by atoms with Gasteiger partial charge in [0.15, 0.2) is 0 Å². The van der Waals surface area contributed by atoms with Crippen molar-refractivity contribution in [3.8, 4) is 0 Å². The lowest BCUT2D eigenvalue weighted by Gasteiger charge is -2.27. The van der Waals surface area contributed by atoms with Gasteiger partial charge in [-0.05, 0) is 26.8 Å². The largest absolute Gasteiger partial charge is 0.481 e. The number of hydrogen-bond donors (Lipinski definition) is 1. The second kappa shape index (κ2) is 6.52. The Kier molecular flexibility index (Phi) is 5.30. The van der Waals surface area contributed by atoms with Crippen LogP contribution in [0.25, 0.3) is 0 Å². The molecule has 1 aromatic rings. The summed E-state index contributed by atoms with van der Waals surface area (Å²) in [6.07, 6.45) is 1.33. The van der Waals surface area contributed by atoms with E-state index in [-0.39, 0.29) is 12.3 Å². The topological polar surface area (TPSA) is 70.5 Å². The molecule has 104 valence electrons. The van der Waals surface area contributed by atoms with Crippen LogP contribution in [-0.2, 0) is 4.79 Å². The lowest BCUT2D eigenvalue weighted by atomic mass is 10.1. The summed E-state index contributed by atoms with van der Waals surface area (Å²) in [6, 6.07) is 1.22. The van der Waals surface area contributed by atoms with Crippen molar-refractivity contribution in [1.29, 1.82) is 0 Å². The molecule has 5 nitrogen and oxygen atoms in total. The van der Waals surface area contributed by atoms with Crippen LogP contribution in [0.5, 0.6) is 0 Å². The minimum absolute atomic E-state index is 0.101. The summed E-state index contributed by atoms with van der Waals surface area (Å²) in [5.74, 6) is -1.24. The van der Waals surface area contributed by atoms with E-state index in [0.29, 0.717) is 17.1 Å². The van der Waals surface area contributed by atoms with Crippen molar-refractivity contribution >= 4 is 23.5 Å². The molecule has 0 aromatic carbocycles. The zero-order valence-electron chi connectivity index (χ0n) is 11.2. The first kappa shape index (κ1) is 15.4. The molecule has 0 aliphatic carbocycles. The van der Waals surface area contributed by atoms with Gasteiger partial charge in [-0.3, -0.25) is 14.6 Å². The van der Waals surface area contributed by atoms with Gasteiger partial charge in [0.2, 0.25) is 0 Å². The highest BCUT2D eigenvalue weighted by atomic mass is 35.5. The number of carbonyl (C=O) groups excluding carboxylic acids is 1. The van der Waals surface area contributed by atoms with Crippen LogP contribution < -0.4 is 0 Å². The summed E-state index contributed by atoms with van der Waals surface area (Å²) < 4.78 is 0. The van der Waals surface area contributed by atoms with Gasteiger partial charge in [-0.15, -0.1) is 0 Å². The van der Waals surface area contributed by atoms with Crippen LogP contribution in [0.1, 0.15) is 36.3 Å². The number of carbonyl (C=O) groups is 2. The van der Waals surface area contributed by atoms with E-state index in [9.17, 15) is 9.59 Å². The minimum Gasteiger partial charge on any atom is -0.481 e. The number of aryl methyl sites for hydroxylation is 1. The number of carboxylic acid groups (broad SMARTS) is 1. The predicted molar refractivity (Wildman–Crippen MR) is 72.4 cm³/mol. The maximum absolute atomic E-state index is 12.3. The first-order chi connectivity index (χ1) is 8.86. The van der Waals surface area contributed by atoms with E-state index in [1.165, 1.54) is 11.1 Å². The second-order valence-electron chi connectivity index (χ2n) is 4.34. The van der Waals surface area contributed by atoms with Crippen molar-refractivity contribution in [3.63, 3.8) is 0 Å². The molecule has 1 rings (SSSR count). The van der Waals surface area contributed by atoms with Gasteiger partial charge in [0.1, 0.15) is 0 Å². The summed E-state index contributed by atoms with van der Waals surface area (Å²) in [5, 5.41) is 9.13. The van der Waals surface area contributed by atoms with Gasteiger partial charge in [0, 0.05) is 24.5 Å². The Bertz CT molecular complexity index is 491. The third-order valence-electron chi connectivity index (χ3n) is 2.82. The third-order valence-corrected chi connectivity index (χ3v) is 3.14. The molecule has 1 aromatic heterocycles. The summed E-state index contributed by atoms with van der Waals surface area (Å²) in [5.41, 5.74) is 1.02. The van der Waals surface area contributed by atoms with Crippen molar-refractivity contribution < 1.29 is 14.7 Å². The Balaban J connectivity index is 2.98. The molecule has 19 heavy (non-hydrogen) atoms. The van der Waals surface area contributed by atoms with Crippen molar-refractivity contribution in [2.75, 3.05) is 6.54 Å². The lowest BCUT2D eigenvalue weighted by molar-refractivity contribution is -0.138. The first-order valence-electron chi connectivity index (χ1n) is 6.01. The number of halogens is 1. The predicted octanol–water partition coefficient (Wildman–Crippen LogP) is 2.37. The van der Waals surface area contributed by atoms with Crippen LogP contribution in [0.3, 0.4) is 0 Å². The second-order valence-corrected chi connectivity index (χ2v) is 4.75. The van der Waals surface area contributed by atoms with Crippen LogP contribution in [0.15, 0.2) is 12.3 Å². The summed E-state index contributed by atoms with van der Waals surface area (Å²) in [4.78, 5) is 28.6. The highest BCUT2D eigenvalue weighted by molar-refractivity contribution is 6.33. The molecule has 0 fully saturated rings. The first-order valence-corrected chi connectivity index (χ1v) is 6.39. The zero-order chi connectivity index (χ0) is 14.6. The van der Waals surface area contributed by atoms with Gasteiger partial charge in [-0.25, -0.2) is 0 Å². The quantitative estimate of drug-likeness (QED) is 0.901. The number of nitrogens with zero attached hydrogens (tertiary/aromatic N) is 2. The fraction of sp³-hybridized carbons (Fsp3) is 0.462. The third kappa shape index (κ3) is 3.92. The van der Waals surface area contributed by atoms with Crippen molar-refractivity contribution in [2.45, 2.75) is 33.2 Å². The van der Waals surface area contributed by atoms with Gasteiger partial charge in [0.25, 0.3) is 5.91 Å². The normalized spacial score (nSPS) is 12.0. The van der Waals surface area contributed by atoms with Crippen LogP contribution in [0.2, 0.25) is 5.02 Å². The maximum Gasteiger partial charge on any atom is 0.305 e. The maximum atomic E-state index is 12.3. The Labute approximate surface area is 117 Å². The number of rotatable bonds is 5. The molecule has 1 N–H and O–H groups in total. The molecule has 0 saturated heterocycles. The smallest absolute Gasteiger partial charge is 0.305 e. The molecule has 1 amide bonds. The molecule has 0 saturated carbocycles. The molecule has 0 spiro atoms. The van der Waals surface area contributed by atoms with E-state index in [1.54, 1.807) is 26.8 Å². The Morgan fingerprint density at radius 3 is 2.63 bits per heavy atom. The van der Waals surface area contributed by atoms with E-state index in [0.717, 1.165) is 5.69 Å². The average Bonchev–Trinajstić information content (AvgIpc) is 2.28. The Hall–Kier alpha value is -1.62. The fourth-order valence-electron chi connectivity index (χ4n) is 1.86. The monoisotopic (exact) mass is 284 g/mol. The van der Waals surface area contributed by atoms with Crippen molar-refractivity contribution in [2.24, 2.45) is 0 Å². The van der Waals surface area contributed by atoms with Gasteiger partial charge in [-0.1, -0.05) is 11.6 Å². The molecule has 1 unspecified atom stereocenters. The lowest BCUT2D eigenvalue weighted by Crippen LogP contribution is -2.39. The van der Waals surface area contributed by atoms with E-state index < -0.39 is 12.0 Å². The Morgan fingerprint density at radius 2 is 2.16 bits per heavy atom.